The smallest absolute Gasteiger partial charge is 0.151 e. The van der Waals surface area contributed by atoms with E-state index < -0.39 is 0 Å². The first-order chi connectivity index (χ1) is 8.19. The van der Waals surface area contributed by atoms with E-state index in [9.17, 15) is 0 Å². The number of pyridine rings is 1. The molecule has 1 fully saturated rings. The molecule has 94 valence electrons. The van der Waals surface area contributed by atoms with Crippen molar-refractivity contribution in [2.45, 2.75) is 37.0 Å². The molecule has 1 heterocycles. The molecule has 1 aromatic rings. The van der Waals surface area contributed by atoms with Crippen molar-refractivity contribution in [3.8, 4) is 0 Å². The average Bonchev–Trinajstić information content (AvgIpc) is 2.35. The molecule has 0 radical (unpaired) electrons. The maximum absolute atomic E-state index is 5.87. The van der Waals surface area contributed by atoms with Crippen LogP contribution in [0.15, 0.2) is 12.1 Å². The van der Waals surface area contributed by atoms with E-state index in [0.717, 1.165) is 11.1 Å². The van der Waals surface area contributed by atoms with Crippen molar-refractivity contribution in [2.75, 3.05) is 17.3 Å². The minimum absolute atomic E-state index is 0.478. The van der Waals surface area contributed by atoms with Gasteiger partial charge >= 0.3 is 0 Å². The minimum atomic E-state index is 0.478. The second-order valence-corrected chi connectivity index (χ2v) is 5.95. The highest BCUT2D eigenvalue weighted by Gasteiger charge is 2.21. The number of aromatic nitrogens is 1. The summed E-state index contributed by atoms with van der Waals surface area (Å²) < 4.78 is 0. The van der Waals surface area contributed by atoms with E-state index in [2.05, 4.69) is 16.6 Å². The predicted molar refractivity (Wildman–Crippen MR) is 76.8 cm³/mol. The van der Waals surface area contributed by atoms with E-state index in [-0.39, 0.29) is 0 Å². The van der Waals surface area contributed by atoms with Gasteiger partial charge in [-0.3, -0.25) is 0 Å². The monoisotopic (exact) mass is 271 g/mol. The van der Waals surface area contributed by atoms with Gasteiger partial charge in [0.25, 0.3) is 0 Å². The van der Waals surface area contributed by atoms with Crippen molar-refractivity contribution in [2.24, 2.45) is 0 Å². The number of nitrogens with one attached hydrogen (secondary N) is 1. The van der Waals surface area contributed by atoms with Gasteiger partial charge in [-0.2, -0.15) is 11.8 Å². The lowest BCUT2D eigenvalue weighted by molar-refractivity contribution is 0.472. The van der Waals surface area contributed by atoms with Gasteiger partial charge in [-0.15, -0.1) is 0 Å². The molecule has 1 aliphatic carbocycles. The minimum Gasteiger partial charge on any atom is -0.396 e. The van der Waals surface area contributed by atoms with Crippen molar-refractivity contribution in [3.63, 3.8) is 0 Å². The number of rotatable bonds is 3. The first-order valence-electron chi connectivity index (χ1n) is 5.90. The van der Waals surface area contributed by atoms with Crippen LogP contribution in [0.3, 0.4) is 0 Å². The van der Waals surface area contributed by atoms with E-state index in [1.165, 1.54) is 25.7 Å². The first kappa shape index (κ1) is 12.8. The van der Waals surface area contributed by atoms with Gasteiger partial charge < -0.3 is 11.1 Å². The summed E-state index contributed by atoms with van der Waals surface area (Å²) in [6, 6.07) is 3.99. The zero-order valence-electron chi connectivity index (χ0n) is 9.95. The molecule has 0 amide bonds. The molecule has 1 aliphatic rings. The summed E-state index contributed by atoms with van der Waals surface area (Å²) in [7, 11) is 0. The Bertz CT molecular complexity index is 378. The molecule has 17 heavy (non-hydrogen) atoms. The fourth-order valence-corrected chi connectivity index (χ4v) is 3.09. The van der Waals surface area contributed by atoms with Crippen LogP contribution in [0.1, 0.15) is 25.7 Å². The fraction of sp³-hybridized carbons (Fsp3) is 0.583. The Hall–Kier alpha value is -0.610. The molecular formula is C12H18ClN3S. The third kappa shape index (κ3) is 3.42. The van der Waals surface area contributed by atoms with Crippen LogP contribution in [-0.4, -0.2) is 22.5 Å². The van der Waals surface area contributed by atoms with Gasteiger partial charge in [-0.25, -0.2) is 4.98 Å². The number of hydrogen-bond donors (Lipinski definition) is 2. The third-order valence-electron chi connectivity index (χ3n) is 3.24. The highest BCUT2D eigenvalue weighted by molar-refractivity contribution is 7.99. The molecule has 0 spiro atoms. The quantitative estimate of drug-likeness (QED) is 0.828. The van der Waals surface area contributed by atoms with Crippen molar-refractivity contribution >= 4 is 34.9 Å². The highest BCUT2D eigenvalue weighted by atomic mass is 35.5. The van der Waals surface area contributed by atoms with Crippen LogP contribution in [-0.2, 0) is 0 Å². The lowest BCUT2D eigenvalue weighted by atomic mass is 9.95. The third-order valence-corrected chi connectivity index (χ3v) is 4.59. The second-order valence-electron chi connectivity index (χ2n) is 4.43. The largest absolute Gasteiger partial charge is 0.396 e. The number of nitrogens with two attached hydrogens (primary N) is 1. The summed E-state index contributed by atoms with van der Waals surface area (Å²) in [6.45, 7) is 0. The van der Waals surface area contributed by atoms with Gasteiger partial charge in [0.05, 0.1) is 5.69 Å². The van der Waals surface area contributed by atoms with Crippen LogP contribution in [0.25, 0.3) is 0 Å². The Labute approximate surface area is 112 Å². The number of halogens is 1. The average molecular weight is 272 g/mol. The van der Waals surface area contributed by atoms with E-state index in [4.69, 9.17) is 17.3 Å². The fourth-order valence-electron chi connectivity index (χ4n) is 2.20. The maximum atomic E-state index is 5.87. The topological polar surface area (TPSA) is 50.9 Å². The van der Waals surface area contributed by atoms with Gasteiger partial charge in [-0.1, -0.05) is 11.6 Å². The molecule has 1 saturated carbocycles. The SMILES string of the molecule is CSC1CCC(Nc2nc(Cl)ccc2N)CC1. The Morgan fingerprint density at radius 2 is 2.06 bits per heavy atom. The van der Waals surface area contributed by atoms with Crippen LogP contribution in [0, 0.1) is 0 Å². The van der Waals surface area contributed by atoms with E-state index >= 15 is 0 Å². The number of anilines is 2. The van der Waals surface area contributed by atoms with Crippen molar-refractivity contribution in [1.82, 2.24) is 4.98 Å². The van der Waals surface area contributed by atoms with Crippen LogP contribution in [0.4, 0.5) is 11.5 Å². The van der Waals surface area contributed by atoms with Gasteiger partial charge in [0.2, 0.25) is 0 Å². The van der Waals surface area contributed by atoms with E-state index in [1.807, 2.05) is 11.8 Å². The van der Waals surface area contributed by atoms with Crippen molar-refractivity contribution in [1.29, 1.82) is 0 Å². The van der Waals surface area contributed by atoms with E-state index in [1.54, 1.807) is 12.1 Å². The molecule has 5 heteroatoms. The summed E-state index contributed by atoms with van der Waals surface area (Å²) in [5, 5.41) is 4.71. The molecule has 3 N–H and O–H groups in total. The maximum Gasteiger partial charge on any atom is 0.151 e. The summed E-state index contributed by atoms with van der Waals surface area (Å²) in [5.74, 6) is 0.727. The van der Waals surface area contributed by atoms with Crippen LogP contribution in [0.2, 0.25) is 5.15 Å². The van der Waals surface area contributed by atoms with Gasteiger partial charge in [0.1, 0.15) is 5.15 Å². The van der Waals surface area contributed by atoms with Crippen LogP contribution in [0.5, 0.6) is 0 Å². The Kier molecular flexibility index (Phi) is 4.40. The number of nitrogens with zero attached hydrogens (tertiary/aromatic N) is 1. The predicted octanol–water partition coefficient (Wildman–Crippen LogP) is 3.40. The number of thioether (sulfide) groups is 1. The number of hydrogen-bond acceptors (Lipinski definition) is 4. The molecular weight excluding hydrogens is 254 g/mol. The van der Waals surface area contributed by atoms with Gasteiger partial charge in [0.15, 0.2) is 5.82 Å². The molecule has 3 nitrogen and oxygen atoms in total. The van der Waals surface area contributed by atoms with Crippen molar-refractivity contribution < 1.29 is 0 Å². The van der Waals surface area contributed by atoms with Gasteiger partial charge in [-0.05, 0) is 44.1 Å². The molecule has 0 aliphatic heterocycles. The molecule has 0 saturated heterocycles. The lowest BCUT2D eigenvalue weighted by Gasteiger charge is -2.28. The standard InChI is InChI=1S/C12H18ClN3S/c1-17-9-4-2-8(3-5-9)15-12-10(14)6-7-11(13)16-12/h6-9H,2-5,14H2,1H3,(H,15,16). The normalized spacial score (nSPS) is 24.6. The van der Waals surface area contributed by atoms with Crippen LogP contribution >= 0.6 is 23.4 Å². The summed E-state index contributed by atoms with van der Waals surface area (Å²) in [5.41, 5.74) is 6.54. The van der Waals surface area contributed by atoms with Crippen molar-refractivity contribution in [3.05, 3.63) is 17.3 Å². The Morgan fingerprint density at radius 1 is 1.35 bits per heavy atom. The molecule has 0 atom stereocenters. The summed E-state index contributed by atoms with van der Waals surface area (Å²) in [4.78, 5) is 4.23. The van der Waals surface area contributed by atoms with Gasteiger partial charge in [0, 0.05) is 11.3 Å². The zero-order valence-corrected chi connectivity index (χ0v) is 11.5. The zero-order chi connectivity index (χ0) is 12.3. The lowest BCUT2D eigenvalue weighted by Crippen LogP contribution is -2.27. The molecule has 0 aromatic carbocycles. The highest BCUT2D eigenvalue weighted by Crippen LogP contribution is 2.29. The first-order valence-corrected chi connectivity index (χ1v) is 7.57. The Balaban J connectivity index is 1.95. The summed E-state index contributed by atoms with van der Waals surface area (Å²) in [6.07, 6.45) is 7.08. The van der Waals surface area contributed by atoms with E-state index in [0.29, 0.717) is 16.9 Å². The molecule has 1 aromatic heterocycles. The molecule has 2 rings (SSSR count). The molecule has 0 unspecified atom stereocenters. The number of nitrogen functional groups attached to an aromatic ring is 1. The summed E-state index contributed by atoms with van der Waals surface area (Å²) >= 11 is 7.84. The second kappa shape index (κ2) is 5.83. The van der Waals surface area contributed by atoms with Crippen LogP contribution < -0.4 is 11.1 Å². The Morgan fingerprint density at radius 3 is 2.71 bits per heavy atom. The molecule has 0 bridgehead atoms.